The molecule has 0 aromatic heterocycles. The van der Waals surface area contributed by atoms with Crippen LogP contribution < -0.4 is 5.73 Å². The first-order valence-electron chi connectivity index (χ1n) is 3.65. The predicted molar refractivity (Wildman–Crippen MR) is 37.0 cm³/mol. The van der Waals surface area contributed by atoms with Gasteiger partial charge in [-0.15, -0.1) is 0 Å². The van der Waals surface area contributed by atoms with E-state index in [0.29, 0.717) is 5.92 Å². The van der Waals surface area contributed by atoms with Crippen molar-refractivity contribution in [2.75, 3.05) is 0 Å². The summed E-state index contributed by atoms with van der Waals surface area (Å²) in [5.74, 6) is 0.304. The average molecular weight is 129 g/mol. The Kier molecular flexibility index (Phi) is 2.09. The van der Waals surface area contributed by atoms with Crippen LogP contribution in [-0.2, 0) is 0 Å². The highest BCUT2D eigenvalue weighted by atomic mass is 16.3. The number of aliphatic hydroxyl groups is 1. The van der Waals surface area contributed by atoms with Crippen molar-refractivity contribution in [1.82, 2.24) is 0 Å². The van der Waals surface area contributed by atoms with E-state index in [9.17, 15) is 5.11 Å². The Morgan fingerprint density at radius 1 is 1.44 bits per heavy atom. The Hall–Kier alpha value is -0.0800. The first-order valence-corrected chi connectivity index (χ1v) is 3.65. The highest BCUT2D eigenvalue weighted by Gasteiger charge is 2.24. The predicted octanol–water partition coefficient (Wildman–Crippen LogP) is 0.495. The molecule has 9 heavy (non-hydrogen) atoms. The summed E-state index contributed by atoms with van der Waals surface area (Å²) in [7, 11) is 0. The van der Waals surface area contributed by atoms with E-state index in [0.717, 1.165) is 19.3 Å². The second-order valence-corrected chi connectivity index (χ2v) is 3.02. The van der Waals surface area contributed by atoms with E-state index in [2.05, 4.69) is 0 Å². The Balaban J connectivity index is 2.41. The zero-order valence-electron chi connectivity index (χ0n) is 5.88. The fraction of sp³-hybridized carbons (Fsp3) is 1.00. The maximum Gasteiger partial charge on any atom is 0.0580 e. The summed E-state index contributed by atoms with van der Waals surface area (Å²) >= 11 is 0. The van der Waals surface area contributed by atoms with Crippen LogP contribution in [0.3, 0.4) is 0 Å². The summed E-state index contributed by atoms with van der Waals surface area (Å²) in [6.45, 7) is 2.02. The number of aliphatic hydroxyl groups excluding tert-OH is 1. The second kappa shape index (κ2) is 2.67. The molecule has 2 heteroatoms. The van der Waals surface area contributed by atoms with Gasteiger partial charge < -0.3 is 10.8 Å². The van der Waals surface area contributed by atoms with Gasteiger partial charge in [-0.2, -0.15) is 0 Å². The van der Waals surface area contributed by atoms with Crippen molar-refractivity contribution >= 4 is 0 Å². The van der Waals surface area contributed by atoms with Crippen LogP contribution >= 0.6 is 0 Å². The molecule has 1 aliphatic rings. The lowest BCUT2D eigenvalue weighted by atomic mass is 9.84. The third-order valence-corrected chi connectivity index (χ3v) is 2.32. The van der Waals surface area contributed by atoms with Gasteiger partial charge in [0.25, 0.3) is 0 Å². The third-order valence-electron chi connectivity index (χ3n) is 2.32. The van der Waals surface area contributed by atoms with Crippen molar-refractivity contribution in [1.29, 1.82) is 0 Å². The van der Waals surface area contributed by atoms with Crippen LogP contribution in [0.4, 0.5) is 0 Å². The molecule has 0 amide bonds. The molecule has 2 nitrogen and oxygen atoms in total. The lowest BCUT2D eigenvalue weighted by Gasteiger charge is -2.29. The van der Waals surface area contributed by atoms with Crippen molar-refractivity contribution in [2.45, 2.75) is 38.3 Å². The summed E-state index contributed by atoms with van der Waals surface area (Å²) in [6.07, 6.45) is 2.97. The summed E-state index contributed by atoms with van der Waals surface area (Å²) in [4.78, 5) is 0. The standard InChI is InChI=1S/C7H15NO/c1-5-6(8)3-2-4-7(5)9/h5-7,9H,2-4,8H2,1H3/t5-,6-,7-/m1/s1. The molecule has 3 N–H and O–H groups in total. The quantitative estimate of drug-likeness (QED) is 0.500. The molecule has 0 spiro atoms. The van der Waals surface area contributed by atoms with E-state index in [1.807, 2.05) is 6.92 Å². The Bertz CT molecular complexity index is 84.9. The average Bonchev–Trinajstić information content (AvgIpc) is 1.83. The van der Waals surface area contributed by atoms with Crippen molar-refractivity contribution < 1.29 is 5.11 Å². The molecule has 1 rings (SSSR count). The van der Waals surface area contributed by atoms with Crippen molar-refractivity contribution in [3.63, 3.8) is 0 Å². The molecule has 0 aliphatic heterocycles. The third kappa shape index (κ3) is 1.43. The summed E-state index contributed by atoms with van der Waals surface area (Å²) in [6, 6.07) is 0.230. The molecular formula is C7H15NO. The van der Waals surface area contributed by atoms with Crippen LogP contribution in [0.25, 0.3) is 0 Å². The summed E-state index contributed by atoms with van der Waals surface area (Å²) in [5.41, 5.74) is 5.71. The number of hydrogen-bond acceptors (Lipinski definition) is 2. The molecule has 0 aromatic rings. The summed E-state index contributed by atoms with van der Waals surface area (Å²) in [5, 5.41) is 9.27. The lowest BCUT2D eigenvalue weighted by molar-refractivity contribution is 0.0671. The molecule has 0 unspecified atom stereocenters. The van der Waals surface area contributed by atoms with Gasteiger partial charge in [0.2, 0.25) is 0 Å². The smallest absolute Gasteiger partial charge is 0.0580 e. The lowest BCUT2D eigenvalue weighted by Crippen LogP contribution is -2.39. The number of nitrogens with two attached hydrogens (primary N) is 1. The zero-order chi connectivity index (χ0) is 6.85. The van der Waals surface area contributed by atoms with E-state index in [-0.39, 0.29) is 12.1 Å². The van der Waals surface area contributed by atoms with E-state index in [4.69, 9.17) is 5.73 Å². The van der Waals surface area contributed by atoms with Crippen LogP contribution in [-0.4, -0.2) is 17.3 Å². The van der Waals surface area contributed by atoms with Crippen molar-refractivity contribution in [3.8, 4) is 0 Å². The molecule has 0 heterocycles. The monoisotopic (exact) mass is 129 g/mol. The fourth-order valence-electron chi connectivity index (χ4n) is 1.37. The van der Waals surface area contributed by atoms with Gasteiger partial charge in [-0.3, -0.25) is 0 Å². The molecule has 0 saturated heterocycles. The van der Waals surface area contributed by atoms with Gasteiger partial charge in [0.1, 0.15) is 0 Å². The van der Waals surface area contributed by atoms with Crippen molar-refractivity contribution in [3.05, 3.63) is 0 Å². The van der Waals surface area contributed by atoms with Crippen LogP contribution in [0.2, 0.25) is 0 Å². The van der Waals surface area contributed by atoms with E-state index in [1.54, 1.807) is 0 Å². The molecule has 1 fully saturated rings. The van der Waals surface area contributed by atoms with Crippen LogP contribution in [0.15, 0.2) is 0 Å². The van der Waals surface area contributed by atoms with E-state index < -0.39 is 0 Å². The Labute approximate surface area is 56.1 Å². The van der Waals surface area contributed by atoms with Gasteiger partial charge in [-0.05, 0) is 25.2 Å². The Morgan fingerprint density at radius 2 is 2.11 bits per heavy atom. The highest BCUT2D eigenvalue weighted by molar-refractivity contribution is 4.80. The topological polar surface area (TPSA) is 46.2 Å². The molecule has 54 valence electrons. The zero-order valence-corrected chi connectivity index (χ0v) is 5.88. The SMILES string of the molecule is C[C@@H]1[C@H](N)CCC[C@H]1O. The summed E-state index contributed by atoms with van der Waals surface area (Å²) < 4.78 is 0. The minimum atomic E-state index is -0.145. The van der Waals surface area contributed by atoms with Gasteiger partial charge in [-0.25, -0.2) is 0 Å². The minimum absolute atomic E-state index is 0.145. The maximum atomic E-state index is 9.27. The normalized spacial score (nSPS) is 45.0. The van der Waals surface area contributed by atoms with E-state index in [1.165, 1.54) is 0 Å². The molecule has 1 aliphatic carbocycles. The highest BCUT2D eigenvalue weighted by Crippen LogP contribution is 2.22. The molecular weight excluding hydrogens is 114 g/mol. The second-order valence-electron chi connectivity index (χ2n) is 3.02. The molecule has 0 radical (unpaired) electrons. The van der Waals surface area contributed by atoms with Crippen LogP contribution in [0, 0.1) is 5.92 Å². The van der Waals surface area contributed by atoms with Crippen molar-refractivity contribution in [2.24, 2.45) is 11.7 Å². The largest absolute Gasteiger partial charge is 0.393 e. The Morgan fingerprint density at radius 3 is 2.56 bits per heavy atom. The van der Waals surface area contributed by atoms with E-state index >= 15 is 0 Å². The number of hydrogen-bond donors (Lipinski definition) is 2. The fourth-order valence-corrected chi connectivity index (χ4v) is 1.37. The van der Waals surface area contributed by atoms with Gasteiger partial charge in [0.05, 0.1) is 6.10 Å². The first kappa shape index (κ1) is 7.03. The molecule has 0 aromatic carbocycles. The maximum absolute atomic E-state index is 9.27. The van der Waals surface area contributed by atoms with Gasteiger partial charge in [-0.1, -0.05) is 6.92 Å². The first-order chi connectivity index (χ1) is 4.22. The molecule has 0 bridgehead atoms. The molecule has 3 atom stereocenters. The van der Waals surface area contributed by atoms with Crippen LogP contribution in [0.5, 0.6) is 0 Å². The van der Waals surface area contributed by atoms with Gasteiger partial charge in [0.15, 0.2) is 0 Å². The molecule has 1 saturated carbocycles. The minimum Gasteiger partial charge on any atom is -0.393 e. The number of rotatable bonds is 0. The van der Waals surface area contributed by atoms with Crippen LogP contribution in [0.1, 0.15) is 26.2 Å². The van der Waals surface area contributed by atoms with Gasteiger partial charge in [0, 0.05) is 6.04 Å². The van der Waals surface area contributed by atoms with Gasteiger partial charge >= 0.3 is 0 Å².